The van der Waals surface area contributed by atoms with Crippen LogP contribution in [0.4, 0.5) is 10.5 Å². The van der Waals surface area contributed by atoms with Crippen molar-refractivity contribution in [3.63, 3.8) is 0 Å². The number of carbonyl (C=O) groups excluding carboxylic acids is 1. The first kappa shape index (κ1) is 10.0. The molecule has 0 heterocycles. The summed E-state index contributed by atoms with van der Waals surface area (Å²) in [6, 6.07) is 8.75. The molecule has 1 aromatic rings. The average molecular weight is 288 g/mol. The zero-order valence-electron chi connectivity index (χ0n) is 6.85. The summed E-state index contributed by atoms with van der Waals surface area (Å²) in [5.74, 6) is 0. The molecule has 0 aliphatic heterocycles. The number of halogens is 1. The molecule has 4 heteroatoms. The molecule has 1 rings (SSSR count). The zero-order valence-corrected chi connectivity index (χ0v) is 9.01. The number of anilines is 1. The molecule has 1 aromatic carbocycles. The predicted molar refractivity (Wildman–Crippen MR) is 61.7 cm³/mol. The lowest BCUT2D eigenvalue weighted by atomic mass is 10.3. The number of benzene rings is 1. The van der Waals surface area contributed by atoms with Crippen molar-refractivity contribution in [2.75, 3.05) is 4.90 Å². The highest BCUT2D eigenvalue weighted by Crippen LogP contribution is 2.13. The maximum absolute atomic E-state index is 11.0. The Hall–Kier alpha value is -1.04. The van der Waals surface area contributed by atoms with Crippen molar-refractivity contribution in [3.05, 3.63) is 40.6 Å². The molecule has 0 atom stereocenters. The quantitative estimate of drug-likeness (QED) is 0.835. The Bertz CT molecular complexity index is 311. The van der Waals surface area contributed by atoms with E-state index >= 15 is 0 Å². The van der Waals surface area contributed by atoms with Gasteiger partial charge >= 0.3 is 6.03 Å². The molecule has 3 nitrogen and oxygen atoms in total. The summed E-state index contributed by atoms with van der Waals surface area (Å²) in [6.07, 6.45) is 1.62. The van der Waals surface area contributed by atoms with Crippen LogP contribution < -0.4 is 10.6 Å². The molecule has 2 amide bonds. The van der Waals surface area contributed by atoms with Crippen molar-refractivity contribution < 1.29 is 4.79 Å². The molecular formula is C9H9IN2O. The van der Waals surface area contributed by atoms with Crippen LogP contribution in [0.25, 0.3) is 0 Å². The summed E-state index contributed by atoms with van der Waals surface area (Å²) in [4.78, 5) is 12.4. The largest absolute Gasteiger partial charge is 0.351 e. The maximum atomic E-state index is 11.0. The lowest BCUT2D eigenvalue weighted by Gasteiger charge is -2.14. The average Bonchev–Trinajstić information content (AvgIpc) is 2.15. The van der Waals surface area contributed by atoms with Crippen LogP contribution in [0.3, 0.4) is 0 Å². The Morgan fingerprint density at radius 1 is 1.38 bits per heavy atom. The number of nitrogens with zero attached hydrogens (tertiary/aromatic N) is 1. The fraction of sp³-hybridized carbons (Fsp3) is 0. The number of carbonyl (C=O) groups is 1. The van der Waals surface area contributed by atoms with Crippen LogP contribution in [0.5, 0.6) is 0 Å². The van der Waals surface area contributed by atoms with Gasteiger partial charge in [0.25, 0.3) is 0 Å². The fourth-order valence-corrected chi connectivity index (χ4v) is 1.25. The topological polar surface area (TPSA) is 46.3 Å². The van der Waals surface area contributed by atoms with E-state index in [1.54, 1.807) is 10.3 Å². The standard InChI is InChI=1S/C9H9IN2O/c10-6-7-12(9(11)13)8-4-2-1-3-5-8/h1-7H,(H2,11,13)/b7-6-. The highest BCUT2D eigenvalue weighted by atomic mass is 127. The Morgan fingerprint density at radius 3 is 2.46 bits per heavy atom. The van der Waals surface area contributed by atoms with Crippen molar-refractivity contribution in [1.29, 1.82) is 0 Å². The van der Waals surface area contributed by atoms with Gasteiger partial charge in [0.05, 0.1) is 5.69 Å². The third kappa shape index (κ3) is 2.73. The Kier molecular flexibility index (Phi) is 3.75. The van der Waals surface area contributed by atoms with Crippen LogP contribution in [-0.2, 0) is 0 Å². The number of amides is 2. The van der Waals surface area contributed by atoms with E-state index in [1.165, 1.54) is 4.90 Å². The van der Waals surface area contributed by atoms with E-state index in [0.717, 1.165) is 5.69 Å². The molecule has 0 aliphatic carbocycles. The molecule has 0 saturated heterocycles. The molecule has 0 radical (unpaired) electrons. The van der Waals surface area contributed by atoms with Gasteiger partial charge in [-0.15, -0.1) is 0 Å². The summed E-state index contributed by atoms with van der Waals surface area (Å²) in [5.41, 5.74) is 5.95. The second-order valence-corrected chi connectivity index (χ2v) is 3.04. The van der Waals surface area contributed by atoms with Crippen LogP contribution in [0, 0.1) is 0 Å². The van der Waals surface area contributed by atoms with Crippen molar-refractivity contribution in [2.45, 2.75) is 0 Å². The maximum Gasteiger partial charge on any atom is 0.323 e. The number of hydrogen-bond acceptors (Lipinski definition) is 1. The highest BCUT2D eigenvalue weighted by Gasteiger charge is 2.06. The van der Waals surface area contributed by atoms with E-state index in [-0.39, 0.29) is 0 Å². The smallest absolute Gasteiger partial charge is 0.323 e. The van der Waals surface area contributed by atoms with Crippen molar-refractivity contribution >= 4 is 34.3 Å². The molecule has 0 unspecified atom stereocenters. The summed E-state index contributed by atoms with van der Waals surface area (Å²) in [5, 5.41) is 0. The van der Waals surface area contributed by atoms with Gasteiger partial charge in [-0.25, -0.2) is 4.79 Å². The number of urea groups is 1. The van der Waals surface area contributed by atoms with Gasteiger partial charge in [0, 0.05) is 6.20 Å². The lowest BCUT2D eigenvalue weighted by molar-refractivity contribution is 0.256. The van der Waals surface area contributed by atoms with Crippen LogP contribution in [0.1, 0.15) is 0 Å². The van der Waals surface area contributed by atoms with E-state index in [4.69, 9.17) is 5.73 Å². The second kappa shape index (κ2) is 4.86. The number of primary amides is 1. The molecule has 0 aliphatic rings. The van der Waals surface area contributed by atoms with Crippen LogP contribution in [0.15, 0.2) is 40.6 Å². The predicted octanol–water partition coefficient (Wildman–Crippen LogP) is 2.48. The summed E-state index contributed by atoms with van der Waals surface area (Å²) < 4.78 is 1.73. The highest BCUT2D eigenvalue weighted by molar-refractivity contribution is 14.1. The van der Waals surface area contributed by atoms with E-state index in [9.17, 15) is 4.79 Å². The molecule has 13 heavy (non-hydrogen) atoms. The first-order valence-corrected chi connectivity index (χ1v) is 4.91. The van der Waals surface area contributed by atoms with Crippen molar-refractivity contribution in [2.24, 2.45) is 5.73 Å². The van der Waals surface area contributed by atoms with Gasteiger partial charge in [-0.2, -0.15) is 0 Å². The normalized spacial score (nSPS) is 10.2. The number of para-hydroxylation sites is 1. The van der Waals surface area contributed by atoms with Crippen LogP contribution >= 0.6 is 22.6 Å². The molecule has 0 spiro atoms. The van der Waals surface area contributed by atoms with Gasteiger partial charge in [0.1, 0.15) is 0 Å². The number of hydrogen-bond donors (Lipinski definition) is 1. The Labute approximate surface area is 90.4 Å². The lowest BCUT2D eigenvalue weighted by Crippen LogP contribution is -2.30. The zero-order chi connectivity index (χ0) is 9.68. The Balaban J connectivity index is 2.96. The van der Waals surface area contributed by atoms with Crippen LogP contribution in [-0.4, -0.2) is 6.03 Å². The first-order valence-electron chi connectivity index (χ1n) is 3.66. The number of nitrogens with two attached hydrogens (primary N) is 1. The molecule has 0 bridgehead atoms. The Morgan fingerprint density at radius 2 is 2.00 bits per heavy atom. The minimum Gasteiger partial charge on any atom is -0.351 e. The molecule has 2 N–H and O–H groups in total. The summed E-state index contributed by atoms with van der Waals surface area (Å²) in [6.45, 7) is 0. The first-order chi connectivity index (χ1) is 6.25. The van der Waals surface area contributed by atoms with Crippen molar-refractivity contribution in [1.82, 2.24) is 0 Å². The molecule has 0 saturated carbocycles. The van der Waals surface area contributed by atoms with Gasteiger partial charge < -0.3 is 5.73 Å². The van der Waals surface area contributed by atoms with Crippen LogP contribution in [0.2, 0.25) is 0 Å². The summed E-state index contributed by atoms with van der Waals surface area (Å²) in [7, 11) is 0. The van der Waals surface area contributed by atoms with E-state index in [2.05, 4.69) is 0 Å². The second-order valence-electron chi connectivity index (χ2n) is 2.32. The molecule has 0 fully saturated rings. The minimum atomic E-state index is -0.487. The van der Waals surface area contributed by atoms with Gasteiger partial charge in [0.15, 0.2) is 0 Å². The van der Waals surface area contributed by atoms with E-state index < -0.39 is 6.03 Å². The van der Waals surface area contributed by atoms with Gasteiger partial charge in [0.2, 0.25) is 0 Å². The molecule has 68 valence electrons. The van der Waals surface area contributed by atoms with Crippen molar-refractivity contribution in [3.8, 4) is 0 Å². The van der Waals surface area contributed by atoms with Gasteiger partial charge in [-0.3, -0.25) is 4.90 Å². The van der Waals surface area contributed by atoms with E-state index in [1.807, 2.05) is 52.9 Å². The van der Waals surface area contributed by atoms with Gasteiger partial charge in [-0.05, 0) is 16.2 Å². The SMILES string of the molecule is NC(=O)N(/C=C\I)c1ccccc1. The third-order valence-electron chi connectivity index (χ3n) is 1.48. The van der Waals surface area contributed by atoms with Gasteiger partial charge in [-0.1, -0.05) is 40.8 Å². The molecule has 0 aromatic heterocycles. The minimum absolute atomic E-state index is 0.487. The fourth-order valence-electron chi connectivity index (χ4n) is 0.932. The monoisotopic (exact) mass is 288 g/mol. The molecular weight excluding hydrogens is 279 g/mol. The van der Waals surface area contributed by atoms with E-state index in [0.29, 0.717) is 0 Å². The number of rotatable bonds is 2. The summed E-state index contributed by atoms with van der Waals surface area (Å²) >= 11 is 2.03. The third-order valence-corrected chi connectivity index (χ3v) is 1.80.